The van der Waals surface area contributed by atoms with E-state index in [1.165, 1.54) is 0 Å². The molecule has 2 N–H and O–H groups in total. The highest BCUT2D eigenvalue weighted by molar-refractivity contribution is 5.35. The molecule has 5 nitrogen and oxygen atoms in total. The van der Waals surface area contributed by atoms with Crippen LogP contribution in [0.4, 0.5) is 5.82 Å². The summed E-state index contributed by atoms with van der Waals surface area (Å²) in [5.41, 5.74) is 5.59. The molecule has 1 aromatic rings. The van der Waals surface area contributed by atoms with Gasteiger partial charge in [0.05, 0.1) is 0 Å². The van der Waals surface area contributed by atoms with Gasteiger partial charge in [0, 0.05) is 32.0 Å². The van der Waals surface area contributed by atoms with Gasteiger partial charge in [-0.05, 0) is 26.3 Å². The van der Waals surface area contributed by atoms with Gasteiger partial charge in [-0.25, -0.2) is 4.98 Å². The number of hydrogen-bond donors (Lipinski definition) is 1. The lowest BCUT2D eigenvalue weighted by atomic mass is 10.1. The summed E-state index contributed by atoms with van der Waals surface area (Å²) in [5.74, 6) is 0.878. The molecule has 0 bridgehead atoms. The van der Waals surface area contributed by atoms with Gasteiger partial charge in [0.25, 0.3) is 5.56 Å². The van der Waals surface area contributed by atoms with Gasteiger partial charge in [-0.2, -0.15) is 0 Å². The quantitative estimate of drug-likeness (QED) is 0.791. The lowest BCUT2D eigenvalue weighted by molar-refractivity contribution is 0.568. The molecule has 1 heterocycles. The fourth-order valence-electron chi connectivity index (χ4n) is 1.72. The molecule has 17 heavy (non-hydrogen) atoms. The molecule has 0 aliphatic heterocycles. The number of hydrogen-bond acceptors (Lipinski definition) is 4. The maximum Gasteiger partial charge on any atom is 0.293 e. The van der Waals surface area contributed by atoms with Crippen molar-refractivity contribution in [2.24, 2.45) is 11.7 Å². The van der Waals surface area contributed by atoms with Gasteiger partial charge >= 0.3 is 0 Å². The number of anilines is 1. The van der Waals surface area contributed by atoms with Crippen molar-refractivity contribution in [3.8, 4) is 0 Å². The third-order valence-electron chi connectivity index (χ3n) is 2.85. The Kier molecular flexibility index (Phi) is 5.15. The molecule has 0 fully saturated rings. The van der Waals surface area contributed by atoms with Gasteiger partial charge in [0.1, 0.15) is 0 Å². The number of nitrogens with two attached hydrogens (primary N) is 1. The summed E-state index contributed by atoms with van der Waals surface area (Å²) >= 11 is 0. The van der Waals surface area contributed by atoms with E-state index in [0.717, 1.165) is 13.1 Å². The second-order valence-electron chi connectivity index (χ2n) is 4.22. The molecule has 96 valence electrons. The van der Waals surface area contributed by atoms with Crippen LogP contribution in [0.2, 0.25) is 0 Å². The van der Waals surface area contributed by atoms with E-state index in [0.29, 0.717) is 24.8 Å². The lowest BCUT2D eigenvalue weighted by Gasteiger charge is -2.24. The van der Waals surface area contributed by atoms with E-state index in [9.17, 15) is 4.79 Å². The smallest absolute Gasteiger partial charge is 0.293 e. The van der Waals surface area contributed by atoms with E-state index in [1.54, 1.807) is 17.0 Å². The Morgan fingerprint density at radius 2 is 2.24 bits per heavy atom. The summed E-state index contributed by atoms with van der Waals surface area (Å²) in [5, 5.41) is 0. The first-order valence-corrected chi connectivity index (χ1v) is 6.14. The molecule has 0 radical (unpaired) electrons. The van der Waals surface area contributed by atoms with E-state index >= 15 is 0 Å². The van der Waals surface area contributed by atoms with Crippen LogP contribution in [0, 0.1) is 5.92 Å². The van der Waals surface area contributed by atoms with Crippen LogP contribution >= 0.6 is 0 Å². The van der Waals surface area contributed by atoms with Crippen LogP contribution in [0.3, 0.4) is 0 Å². The highest BCUT2D eigenvalue weighted by atomic mass is 16.1. The van der Waals surface area contributed by atoms with E-state index in [2.05, 4.69) is 11.9 Å². The average molecular weight is 238 g/mol. The van der Waals surface area contributed by atoms with Crippen LogP contribution in [0.25, 0.3) is 0 Å². The molecule has 0 aromatic carbocycles. The van der Waals surface area contributed by atoms with Crippen LogP contribution in [-0.4, -0.2) is 29.2 Å². The van der Waals surface area contributed by atoms with Crippen LogP contribution in [-0.2, 0) is 6.54 Å². The first-order chi connectivity index (χ1) is 8.13. The summed E-state index contributed by atoms with van der Waals surface area (Å²) in [6.45, 7) is 8.86. The summed E-state index contributed by atoms with van der Waals surface area (Å²) in [4.78, 5) is 18.3. The molecule has 0 aliphatic rings. The molecule has 1 rings (SSSR count). The number of rotatable bonds is 6. The molecular weight excluding hydrogens is 216 g/mol. The number of aromatic nitrogens is 2. The molecule has 1 unspecified atom stereocenters. The lowest BCUT2D eigenvalue weighted by Crippen LogP contribution is -2.37. The van der Waals surface area contributed by atoms with Crippen molar-refractivity contribution < 1.29 is 0 Å². The number of aryl methyl sites for hydroxylation is 1. The zero-order valence-electron chi connectivity index (χ0n) is 10.9. The summed E-state index contributed by atoms with van der Waals surface area (Å²) in [7, 11) is 0. The van der Waals surface area contributed by atoms with Gasteiger partial charge < -0.3 is 15.2 Å². The normalized spacial score (nSPS) is 12.5. The highest BCUT2D eigenvalue weighted by Crippen LogP contribution is 2.06. The molecule has 1 atom stereocenters. The minimum Gasteiger partial charge on any atom is -0.352 e. The first kappa shape index (κ1) is 13.7. The Balaban J connectivity index is 3.00. The Bertz CT molecular complexity index is 402. The van der Waals surface area contributed by atoms with Crippen molar-refractivity contribution in [1.82, 2.24) is 9.55 Å². The third-order valence-corrected chi connectivity index (χ3v) is 2.85. The van der Waals surface area contributed by atoms with Crippen molar-refractivity contribution >= 4 is 5.82 Å². The van der Waals surface area contributed by atoms with Crippen molar-refractivity contribution in [2.45, 2.75) is 27.3 Å². The largest absolute Gasteiger partial charge is 0.352 e. The van der Waals surface area contributed by atoms with E-state index in [-0.39, 0.29) is 5.56 Å². The Labute approximate surface area is 102 Å². The molecule has 0 spiro atoms. The van der Waals surface area contributed by atoms with Crippen molar-refractivity contribution in [2.75, 3.05) is 24.5 Å². The zero-order chi connectivity index (χ0) is 12.8. The molecule has 0 saturated heterocycles. The Morgan fingerprint density at radius 3 is 2.76 bits per heavy atom. The molecule has 1 aromatic heterocycles. The van der Waals surface area contributed by atoms with E-state index in [4.69, 9.17) is 5.73 Å². The maximum atomic E-state index is 12.1. The van der Waals surface area contributed by atoms with Gasteiger partial charge in [-0.3, -0.25) is 4.79 Å². The average Bonchev–Trinajstić information content (AvgIpc) is 2.36. The third kappa shape index (κ3) is 3.30. The van der Waals surface area contributed by atoms with Crippen LogP contribution < -0.4 is 16.2 Å². The topological polar surface area (TPSA) is 64.2 Å². The second kappa shape index (κ2) is 6.39. The SMILES string of the molecule is CCN(CC(C)CN)c1nccn(CC)c1=O. The van der Waals surface area contributed by atoms with Gasteiger partial charge in [-0.1, -0.05) is 6.92 Å². The van der Waals surface area contributed by atoms with Gasteiger partial charge in [0.2, 0.25) is 0 Å². The number of nitrogens with zero attached hydrogens (tertiary/aromatic N) is 3. The minimum absolute atomic E-state index is 0.0268. The summed E-state index contributed by atoms with van der Waals surface area (Å²) in [6.07, 6.45) is 3.39. The van der Waals surface area contributed by atoms with E-state index in [1.807, 2.05) is 18.7 Å². The second-order valence-corrected chi connectivity index (χ2v) is 4.22. The Morgan fingerprint density at radius 1 is 1.53 bits per heavy atom. The van der Waals surface area contributed by atoms with Crippen molar-refractivity contribution in [3.05, 3.63) is 22.7 Å². The van der Waals surface area contributed by atoms with E-state index < -0.39 is 0 Å². The molecule has 0 amide bonds. The van der Waals surface area contributed by atoms with Crippen LogP contribution in [0.5, 0.6) is 0 Å². The minimum atomic E-state index is -0.0268. The molecule has 0 saturated carbocycles. The standard InChI is InChI=1S/C12H22N4O/c1-4-15-7-6-14-11(12(15)17)16(5-2)9-10(3)8-13/h6-7,10H,4-5,8-9,13H2,1-3H3. The molecular formula is C12H22N4O. The van der Waals surface area contributed by atoms with Crippen LogP contribution in [0.1, 0.15) is 20.8 Å². The molecule has 5 heteroatoms. The predicted octanol–water partition coefficient (Wildman–Crippen LogP) is 0.684. The molecule has 0 aliphatic carbocycles. The fraction of sp³-hybridized carbons (Fsp3) is 0.667. The van der Waals surface area contributed by atoms with Crippen LogP contribution in [0.15, 0.2) is 17.2 Å². The summed E-state index contributed by atoms with van der Waals surface area (Å²) in [6, 6.07) is 0. The fourth-order valence-corrected chi connectivity index (χ4v) is 1.72. The zero-order valence-corrected chi connectivity index (χ0v) is 10.9. The highest BCUT2D eigenvalue weighted by Gasteiger charge is 2.14. The van der Waals surface area contributed by atoms with Gasteiger partial charge in [-0.15, -0.1) is 0 Å². The van der Waals surface area contributed by atoms with Crippen molar-refractivity contribution in [1.29, 1.82) is 0 Å². The Hall–Kier alpha value is -1.36. The predicted molar refractivity (Wildman–Crippen MR) is 70.3 cm³/mol. The van der Waals surface area contributed by atoms with Crippen molar-refractivity contribution in [3.63, 3.8) is 0 Å². The monoisotopic (exact) mass is 238 g/mol. The van der Waals surface area contributed by atoms with Gasteiger partial charge in [0.15, 0.2) is 5.82 Å². The maximum absolute atomic E-state index is 12.1. The first-order valence-electron chi connectivity index (χ1n) is 6.14. The summed E-state index contributed by atoms with van der Waals surface area (Å²) < 4.78 is 1.66.